The standard InChI is InChI=1S/C13H10ClN3O/c1-2-7-15-13(18)10-8-16-17(9-10)12-5-3-11(14)4-6-12/h1,3-6,8-9H,7H2,(H,15,18). The Morgan fingerprint density at radius 1 is 1.44 bits per heavy atom. The van der Waals surface area contributed by atoms with Gasteiger partial charge in [0.25, 0.3) is 5.91 Å². The molecule has 0 bridgehead atoms. The largest absolute Gasteiger partial charge is 0.341 e. The Morgan fingerprint density at radius 2 is 2.17 bits per heavy atom. The maximum absolute atomic E-state index is 11.6. The van der Waals surface area contributed by atoms with Gasteiger partial charge in [-0.2, -0.15) is 5.10 Å². The first-order chi connectivity index (χ1) is 8.70. The monoisotopic (exact) mass is 259 g/mol. The molecule has 1 amide bonds. The summed E-state index contributed by atoms with van der Waals surface area (Å²) in [5.74, 6) is 2.10. The Labute approximate surface area is 110 Å². The van der Waals surface area contributed by atoms with Gasteiger partial charge in [-0.1, -0.05) is 17.5 Å². The van der Waals surface area contributed by atoms with Crippen molar-refractivity contribution in [2.45, 2.75) is 0 Å². The van der Waals surface area contributed by atoms with Crippen LogP contribution < -0.4 is 5.32 Å². The minimum Gasteiger partial charge on any atom is -0.341 e. The first-order valence-corrected chi connectivity index (χ1v) is 5.61. The Kier molecular flexibility index (Phi) is 3.66. The number of benzene rings is 1. The second-order valence-corrected chi connectivity index (χ2v) is 3.97. The Hall–Kier alpha value is -2.25. The van der Waals surface area contributed by atoms with E-state index in [0.29, 0.717) is 10.6 Å². The van der Waals surface area contributed by atoms with Gasteiger partial charge in [0.2, 0.25) is 0 Å². The van der Waals surface area contributed by atoms with Gasteiger partial charge in [0, 0.05) is 11.2 Å². The molecule has 0 aliphatic carbocycles. The van der Waals surface area contributed by atoms with E-state index in [1.165, 1.54) is 6.20 Å². The van der Waals surface area contributed by atoms with E-state index in [1.807, 2.05) is 12.1 Å². The van der Waals surface area contributed by atoms with Gasteiger partial charge in [0.05, 0.1) is 24.0 Å². The second kappa shape index (κ2) is 5.39. The van der Waals surface area contributed by atoms with E-state index in [1.54, 1.807) is 23.0 Å². The van der Waals surface area contributed by atoms with Crippen LogP contribution in [-0.2, 0) is 0 Å². The van der Waals surface area contributed by atoms with Crippen molar-refractivity contribution in [2.24, 2.45) is 0 Å². The van der Waals surface area contributed by atoms with E-state index >= 15 is 0 Å². The molecule has 1 heterocycles. The summed E-state index contributed by atoms with van der Waals surface area (Å²) in [6, 6.07) is 7.16. The van der Waals surface area contributed by atoms with Gasteiger partial charge in [0.1, 0.15) is 0 Å². The van der Waals surface area contributed by atoms with Gasteiger partial charge in [-0.3, -0.25) is 4.79 Å². The molecule has 0 aliphatic rings. The fraction of sp³-hybridized carbons (Fsp3) is 0.0769. The summed E-state index contributed by atoms with van der Waals surface area (Å²) in [6.45, 7) is 0.199. The maximum Gasteiger partial charge on any atom is 0.255 e. The predicted octanol–water partition coefficient (Wildman–Crippen LogP) is 1.89. The number of carbonyl (C=O) groups is 1. The van der Waals surface area contributed by atoms with Crippen LogP contribution in [0.5, 0.6) is 0 Å². The van der Waals surface area contributed by atoms with Crippen molar-refractivity contribution in [2.75, 3.05) is 6.54 Å². The molecule has 1 aromatic carbocycles. The van der Waals surface area contributed by atoms with Crippen molar-refractivity contribution in [1.29, 1.82) is 0 Å². The molecular weight excluding hydrogens is 250 g/mol. The van der Waals surface area contributed by atoms with Crippen LogP contribution in [0.25, 0.3) is 5.69 Å². The SMILES string of the molecule is C#CCNC(=O)c1cnn(-c2ccc(Cl)cc2)c1. The molecule has 0 saturated heterocycles. The fourth-order valence-electron chi connectivity index (χ4n) is 1.41. The third-order valence-corrected chi connectivity index (χ3v) is 2.54. The number of hydrogen-bond donors (Lipinski definition) is 1. The van der Waals surface area contributed by atoms with Gasteiger partial charge in [-0.15, -0.1) is 6.42 Å². The van der Waals surface area contributed by atoms with Crippen molar-refractivity contribution in [1.82, 2.24) is 15.1 Å². The minimum atomic E-state index is -0.242. The molecule has 0 spiro atoms. The predicted molar refractivity (Wildman–Crippen MR) is 69.7 cm³/mol. The highest BCUT2D eigenvalue weighted by atomic mass is 35.5. The average Bonchev–Trinajstić information content (AvgIpc) is 2.86. The van der Waals surface area contributed by atoms with E-state index in [9.17, 15) is 4.79 Å². The van der Waals surface area contributed by atoms with Crippen LogP contribution in [-0.4, -0.2) is 22.2 Å². The molecule has 0 saturated carbocycles. The Balaban J connectivity index is 2.18. The van der Waals surface area contributed by atoms with Crippen LogP contribution in [0.15, 0.2) is 36.7 Å². The van der Waals surface area contributed by atoms with Crippen molar-refractivity contribution >= 4 is 17.5 Å². The third kappa shape index (κ3) is 2.70. The van der Waals surface area contributed by atoms with Gasteiger partial charge < -0.3 is 5.32 Å². The van der Waals surface area contributed by atoms with Gasteiger partial charge in [0.15, 0.2) is 0 Å². The number of terminal acetylenes is 1. The van der Waals surface area contributed by atoms with Crippen molar-refractivity contribution < 1.29 is 4.79 Å². The summed E-state index contributed by atoms with van der Waals surface area (Å²) in [5.41, 5.74) is 1.29. The van der Waals surface area contributed by atoms with Gasteiger partial charge in [-0.25, -0.2) is 4.68 Å². The van der Waals surface area contributed by atoms with E-state index < -0.39 is 0 Å². The van der Waals surface area contributed by atoms with E-state index in [4.69, 9.17) is 18.0 Å². The molecular formula is C13H10ClN3O. The first-order valence-electron chi connectivity index (χ1n) is 5.23. The zero-order valence-corrected chi connectivity index (χ0v) is 10.2. The Morgan fingerprint density at radius 3 is 2.83 bits per heavy atom. The van der Waals surface area contributed by atoms with E-state index in [-0.39, 0.29) is 12.5 Å². The lowest BCUT2D eigenvalue weighted by molar-refractivity contribution is 0.0958. The number of halogens is 1. The molecule has 4 nitrogen and oxygen atoms in total. The molecule has 1 aromatic heterocycles. The number of amides is 1. The van der Waals surface area contributed by atoms with Crippen LogP contribution in [0.2, 0.25) is 5.02 Å². The summed E-state index contributed by atoms with van der Waals surface area (Å²) in [6.07, 6.45) is 8.19. The summed E-state index contributed by atoms with van der Waals surface area (Å²) in [5, 5.41) is 7.33. The molecule has 18 heavy (non-hydrogen) atoms. The highest BCUT2D eigenvalue weighted by molar-refractivity contribution is 6.30. The molecule has 0 radical (unpaired) electrons. The molecule has 0 unspecified atom stereocenters. The molecule has 90 valence electrons. The normalized spacial score (nSPS) is 9.78. The molecule has 0 atom stereocenters. The topological polar surface area (TPSA) is 46.9 Å². The number of nitrogens with zero attached hydrogens (tertiary/aromatic N) is 2. The van der Waals surface area contributed by atoms with Crippen molar-refractivity contribution in [3.05, 3.63) is 47.2 Å². The number of rotatable bonds is 3. The van der Waals surface area contributed by atoms with Crippen LogP contribution in [0, 0.1) is 12.3 Å². The molecule has 2 aromatic rings. The molecule has 1 N–H and O–H groups in total. The lowest BCUT2D eigenvalue weighted by Crippen LogP contribution is -2.22. The lowest BCUT2D eigenvalue weighted by atomic mass is 10.3. The summed E-state index contributed by atoms with van der Waals surface area (Å²) >= 11 is 5.80. The van der Waals surface area contributed by atoms with Crippen molar-refractivity contribution in [3.63, 3.8) is 0 Å². The van der Waals surface area contributed by atoms with Crippen LogP contribution in [0.1, 0.15) is 10.4 Å². The van der Waals surface area contributed by atoms with Crippen LogP contribution >= 0.6 is 11.6 Å². The minimum absolute atomic E-state index is 0.199. The summed E-state index contributed by atoms with van der Waals surface area (Å²) in [4.78, 5) is 11.6. The lowest BCUT2D eigenvalue weighted by Gasteiger charge is -2.00. The van der Waals surface area contributed by atoms with Gasteiger partial charge >= 0.3 is 0 Å². The van der Waals surface area contributed by atoms with Crippen LogP contribution in [0.4, 0.5) is 0 Å². The summed E-state index contributed by atoms with van der Waals surface area (Å²) in [7, 11) is 0. The zero-order valence-electron chi connectivity index (χ0n) is 9.43. The number of hydrogen-bond acceptors (Lipinski definition) is 2. The quantitative estimate of drug-likeness (QED) is 0.856. The molecule has 2 rings (SSSR count). The molecule has 0 fully saturated rings. The Bertz CT molecular complexity index is 595. The number of nitrogens with one attached hydrogen (secondary N) is 1. The fourth-order valence-corrected chi connectivity index (χ4v) is 1.53. The maximum atomic E-state index is 11.6. The third-order valence-electron chi connectivity index (χ3n) is 2.29. The van der Waals surface area contributed by atoms with E-state index in [2.05, 4.69) is 16.3 Å². The van der Waals surface area contributed by atoms with Gasteiger partial charge in [-0.05, 0) is 24.3 Å². The average molecular weight is 260 g/mol. The van der Waals surface area contributed by atoms with E-state index in [0.717, 1.165) is 5.69 Å². The highest BCUT2D eigenvalue weighted by Crippen LogP contribution is 2.13. The molecule has 5 heteroatoms. The smallest absolute Gasteiger partial charge is 0.255 e. The molecule has 0 aliphatic heterocycles. The number of aromatic nitrogens is 2. The number of carbonyl (C=O) groups excluding carboxylic acids is 1. The zero-order chi connectivity index (χ0) is 13.0. The van der Waals surface area contributed by atoms with Crippen molar-refractivity contribution in [3.8, 4) is 18.0 Å². The summed E-state index contributed by atoms with van der Waals surface area (Å²) < 4.78 is 1.60. The van der Waals surface area contributed by atoms with Crippen LogP contribution in [0.3, 0.4) is 0 Å². The first kappa shape index (κ1) is 12.2. The second-order valence-electron chi connectivity index (χ2n) is 3.54. The highest BCUT2D eigenvalue weighted by Gasteiger charge is 2.08.